The van der Waals surface area contributed by atoms with E-state index >= 15 is 0 Å². The largest absolute Gasteiger partial charge is 0.382 e. The summed E-state index contributed by atoms with van der Waals surface area (Å²) < 4.78 is 2.26. The third-order valence-corrected chi connectivity index (χ3v) is 8.88. The summed E-state index contributed by atoms with van der Waals surface area (Å²) in [5, 5.41) is 4.59. The SMILES string of the molecule is CCCCc1nc2c(N)nc3ccccc3c2n1CCN1C(=O)NC2CSC(CCCCC(N)=O)C21. The lowest BCUT2D eigenvalue weighted by Gasteiger charge is -2.28. The number of unbranched alkanes of at least 4 members (excludes halogenated alkanes) is 2. The zero-order valence-electron chi connectivity index (χ0n) is 20.8. The van der Waals surface area contributed by atoms with Crippen LogP contribution in [0, 0.1) is 0 Å². The summed E-state index contributed by atoms with van der Waals surface area (Å²) in [6, 6.07) is 8.37. The highest BCUT2D eigenvalue weighted by molar-refractivity contribution is 8.00. The summed E-state index contributed by atoms with van der Waals surface area (Å²) in [5.74, 6) is 2.12. The second kappa shape index (κ2) is 10.5. The number of hydrogen-bond donors (Lipinski definition) is 3. The minimum Gasteiger partial charge on any atom is -0.382 e. The maximum atomic E-state index is 13.0. The lowest BCUT2D eigenvalue weighted by Crippen LogP contribution is -2.42. The van der Waals surface area contributed by atoms with Crippen molar-refractivity contribution in [3.63, 3.8) is 0 Å². The molecule has 3 unspecified atom stereocenters. The molecule has 2 aromatic heterocycles. The van der Waals surface area contributed by atoms with Crippen molar-refractivity contribution in [3.8, 4) is 0 Å². The molecule has 0 bridgehead atoms. The standard InChI is InChI=1S/C26H35N7O2S/c1-2-3-12-21-31-22-23(16-8-4-5-9-17(16)29-25(22)28)32(21)13-14-33-24-18(30-26(33)35)15-36-19(24)10-6-7-11-20(27)34/h4-5,8-9,18-19,24H,2-3,6-7,10-15H2,1H3,(H2,27,34)(H2,28,29)(H,30,35). The van der Waals surface area contributed by atoms with E-state index in [1.54, 1.807) is 0 Å². The van der Waals surface area contributed by atoms with E-state index in [2.05, 4.69) is 27.9 Å². The van der Waals surface area contributed by atoms with Crippen LogP contribution in [0.1, 0.15) is 51.3 Å². The summed E-state index contributed by atoms with van der Waals surface area (Å²) in [5.41, 5.74) is 14.2. The van der Waals surface area contributed by atoms with E-state index in [9.17, 15) is 9.59 Å². The summed E-state index contributed by atoms with van der Waals surface area (Å²) in [6.07, 6.45) is 6.11. The van der Waals surface area contributed by atoms with Gasteiger partial charge in [-0.25, -0.2) is 14.8 Å². The Balaban J connectivity index is 1.41. The number of primary amides is 1. The number of aromatic nitrogens is 3. The Morgan fingerprint density at radius 1 is 1.19 bits per heavy atom. The normalized spacial score (nSPS) is 21.4. The number of anilines is 1. The molecule has 0 spiro atoms. The molecule has 5 N–H and O–H groups in total. The molecule has 3 amide bonds. The van der Waals surface area contributed by atoms with Gasteiger partial charge < -0.3 is 26.3 Å². The number of thioether (sulfide) groups is 1. The molecule has 5 rings (SSSR count). The average molecular weight is 510 g/mol. The smallest absolute Gasteiger partial charge is 0.318 e. The number of benzene rings is 1. The number of imidazole rings is 1. The minimum absolute atomic E-state index is 0.0120. The molecule has 1 aromatic carbocycles. The Morgan fingerprint density at radius 3 is 2.83 bits per heavy atom. The number of nitrogens with one attached hydrogen (secondary N) is 1. The number of amides is 3. The highest BCUT2D eigenvalue weighted by Crippen LogP contribution is 2.38. The number of aryl methyl sites for hydroxylation is 1. The fourth-order valence-corrected chi connectivity index (χ4v) is 7.24. The van der Waals surface area contributed by atoms with Crippen molar-refractivity contribution in [1.82, 2.24) is 24.8 Å². The number of pyridine rings is 1. The first-order valence-electron chi connectivity index (χ1n) is 13.0. The van der Waals surface area contributed by atoms with Gasteiger partial charge >= 0.3 is 6.03 Å². The lowest BCUT2D eigenvalue weighted by atomic mass is 10.0. The van der Waals surface area contributed by atoms with Gasteiger partial charge in [0.2, 0.25) is 5.91 Å². The number of carbonyl (C=O) groups is 2. The molecule has 4 heterocycles. The minimum atomic E-state index is -0.249. The number of rotatable bonds is 11. The molecule has 2 aliphatic heterocycles. The van der Waals surface area contributed by atoms with Gasteiger partial charge in [-0.3, -0.25) is 4.79 Å². The van der Waals surface area contributed by atoms with E-state index in [-0.39, 0.29) is 24.0 Å². The highest BCUT2D eigenvalue weighted by atomic mass is 32.2. The predicted molar refractivity (Wildman–Crippen MR) is 145 cm³/mol. The quantitative estimate of drug-likeness (QED) is 0.268. The predicted octanol–water partition coefficient (Wildman–Crippen LogP) is 3.43. The number of carbonyl (C=O) groups excluding carboxylic acids is 2. The molecule has 0 aliphatic carbocycles. The Bertz CT molecular complexity index is 1280. The number of fused-ring (bicyclic) bond motifs is 4. The van der Waals surface area contributed by atoms with Crippen LogP contribution in [0.15, 0.2) is 24.3 Å². The molecule has 0 radical (unpaired) electrons. The van der Waals surface area contributed by atoms with Crippen LogP contribution in [0.4, 0.5) is 10.6 Å². The van der Waals surface area contributed by atoms with Gasteiger partial charge in [-0.15, -0.1) is 0 Å². The van der Waals surface area contributed by atoms with Gasteiger partial charge in [-0.05, 0) is 25.3 Å². The number of hydrogen-bond acceptors (Lipinski definition) is 6. The van der Waals surface area contributed by atoms with Gasteiger partial charge in [0.1, 0.15) is 11.3 Å². The van der Waals surface area contributed by atoms with Crippen LogP contribution < -0.4 is 16.8 Å². The van der Waals surface area contributed by atoms with Crippen LogP contribution in [0.25, 0.3) is 21.9 Å². The van der Waals surface area contributed by atoms with Gasteiger partial charge in [0.15, 0.2) is 5.82 Å². The molecule has 36 heavy (non-hydrogen) atoms. The van der Waals surface area contributed by atoms with Crippen molar-refractivity contribution < 1.29 is 9.59 Å². The van der Waals surface area contributed by atoms with E-state index in [1.165, 1.54) is 0 Å². The van der Waals surface area contributed by atoms with Gasteiger partial charge in [0, 0.05) is 42.3 Å². The lowest BCUT2D eigenvalue weighted by molar-refractivity contribution is -0.118. The molecule has 2 aliphatic rings. The van der Waals surface area contributed by atoms with Crippen LogP contribution in [0.5, 0.6) is 0 Å². The van der Waals surface area contributed by atoms with Gasteiger partial charge in [0.05, 0.1) is 23.1 Å². The molecule has 3 aromatic rings. The monoisotopic (exact) mass is 509 g/mol. The zero-order chi connectivity index (χ0) is 25.2. The molecule has 2 saturated heterocycles. The number of nitrogen functional groups attached to an aromatic ring is 1. The molecule has 0 saturated carbocycles. The molecular weight excluding hydrogens is 474 g/mol. The first-order chi connectivity index (χ1) is 17.5. The van der Waals surface area contributed by atoms with Gasteiger partial charge in [0.25, 0.3) is 0 Å². The first-order valence-corrected chi connectivity index (χ1v) is 14.0. The maximum absolute atomic E-state index is 13.0. The molecule has 9 nitrogen and oxygen atoms in total. The highest BCUT2D eigenvalue weighted by Gasteiger charge is 2.47. The van der Waals surface area contributed by atoms with Crippen molar-refractivity contribution in [2.45, 2.75) is 75.7 Å². The summed E-state index contributed by atoms with van der Waals surface area (Å²) >= 11 is 1.93. The Morgan fingerprint density at radius 2 is 2.03 bits per heavy atom. The average Bonchev–Trinajstić information content (AvgIpc) is 3.51. The Hall–Kier alpha value is -3.01. The van der Waals surface area contributed by atoms with E-state index < -0.39 is 0 Å². The van der Waals surface area contributed by atoms with E-state index in [0.717, 1.165) is 72.0 Å². The summed E-state index contributed by atoms with van der Waals surface area (Å²) in [4.78, 5) is 35.6. The molecule has 2 fully saturated rings. The first kappa shape index (κ1) is 24.7. The van der Waals surface area contributed by atoms with Crippen molar-refractivity contribution in [2.24, 2.45) is 5.73 Å². The maximum Gasteiger partial charge on any atom is 0.318 e. The number of nitrogens with two attached hydrogens (primary N) is 2. The van der Waals surface area contributed by atoms with Crippen LogP contribution in [-0.4, -0.2) is 61.0 Å². The van der Waals surface area contributed by atoms with Gasteiger partial charge in [-0.1, -0.05) is 38.0 Å². The fraction of sp³-hybridized carbons (Fsp3) is 0.538. The van der Waals surface area contributed by atoms with E-state index in [0.29, 0.717) is 30.6 Å². The van der Waals surface area contributed by atoms with E-state index in [1.807, 2.05) is 34.9 Å². The topological polar surface area (TPSA) is 132 Å². The van der Waals surface area contributed by atoms with Crippen molar-refractivity contribution in [1.29, 1.82) is 0 Å². The van der Waals surface area contributed by atoms with Crippen LogP contribution in [-0.2, 0) is 17.8 Å². The third-order valence-electron chi connectivity index (χ3n) is 7.38. The summed E-state index contributed by atoms with van der Waals surface area (Å²) in [6.45, 7) is 3.43. The second-order valence-corrected chi connectivity index (χ2v) is 11.1. The molecule has 3 atom stereocenters. The fourth-order valence-electron chi connectivity index (χ4n) is 5.63. The van der Waals surface area contributed by atoms with Crippen LogP contribution in [0.3, 0.4) is 0 Å². The van der Waals surface area contributed by atoms with E-state index in [4.69, 9.17) is 16.5 Å². The molecule has 192 valence electrons. The third kappa shape index (κ3) is 4.70. The molecule has 10 heteroatoms. The van der Waals surface area contributed by atoms with Crippen molar-refractivity contribution in [2.75, 3.05) is 18.0 Å². The molecular formula is C26H35N7O2S. The number of para-hydroxylation sites is 1. The summed E-state index contributed by atoms with van der Waals surface area (Å²) in [7, 11) is 0. The number of urea groups is 1. The second-order valence-electron chi connectivity index (χ2n) is 9.82. The van der Waals surface area contributed by atoms with Crippen molar-refractivity contribution in [3.05, 3.63) is 30.1 Å². The number of nitrogens with zero attached hydrogens (tertiary/aromatic N) is 4. The zero-order valence-corrected chi connectivity index (χ0v) is 21.6. The van der Waals surface area contributed by atoms with Crippen LogP contribution in [0.2, 0.25) is 0 Å². The Labute approximate surface area is 215 Å². The van der Waals surface area contributed by atoms with Gasteiger partial charge in [-0.2, -0.15) is 11.8 Å². The van der Waals surface area contributed by atoms with Crippen molar-refractivity contribution >= 4 is 51.5 Å². The Kier molecular flexibility index (Phi) is 7.22. The van der Waals surface area contributed by atoms with Crippen LogP contribution >= 0.6 is 11.8 Å².